The van der Waals surface area contributed by atoms with Gasteiger partial charge in [-0.3, -0.25) is 9.20 Å². The number of rotatable bonds is 9. The molecular weight excluding hydrogens is 453 g/mol. The van der Waals surface area contributed by atoms with Crippen LogP contribution < -0.4 is 5.32 Å². The number of methoxy groups -OCH3 is 1. The van der Waals surface area contributed by atoms with Gasteiger partial charge >= 0.3 is 0 Å². The van der Waals surface area contributed by atoms with Crippen LogP contribution in [0.5, 0.6) is 0 Å². The molecule has 1 N–H and O–H groups in total. The monoisotopic (exact) mass is 489 g/mol. The first-order chi connectivity index (χ1) is 11.4. The highest BCUT2D eigenvalue weighted by Crippen LogP contribution is 2.17. The van der Waals surface area contributed by atoms with Gasteiger partial charge in [-0.15, -0.1) is 24.0 Å². The molecule has 1 heterocycles. The lowest BCUT2D eigenvalue weighted by molar-refractivity contribution is 0.0536. The predicted octanol–water partition coefficient (Wildman–Crippen LogP) is 2.10. The van der Waals surface area contributed by atoms with Gasteiger partial charge in [-0.05, 0) is 34.1 Å². The van der Waals surface area contributed by atoms with Crippen molar-refractivity contribution in [1.82, 2.24) is 10.2 Å². The van der Waals surface area contributed by atoms with E-state index in [1.165, 1.54) is 0 Å². The van der Waals surface area contributed by atoms with Crippen LogP contribution in [0.25, 0.3) is 0 Å². The molecule has 1 aliphatic rings. The van der Waals surface area contributed by atoms with E-state index in [9.17, 15) is 4.21 Å². The van der Waals surface area contributed by atoms with Gasteiger partial charge < -0.3 is 19.7 Å². The van der Waals surface area contributed by atoms with Crippen molar-refractivity contribution in [3.05, 3.63) is 0 Å². The number of hydrogen-bond donors (Lipinski definition) is 1. The Morgan fingerprint density at radius 1 is 1.36 bits per heavy atom. The quantitative estimate of drug-likeness (QED) is 0.233. The van der Waals surface area contributed by atoms with Crippen LogP contribution in [0.4, 0.5) is 0 Å². The van der Waals surface area contributed by atoms with Crippen LogP contribution in [0.2, 0.25) is 0 Å². The molecule has 8 heteroatoms. The van der Waals surface area contributed by atoms with E-state index in [4.69, 9.17) is 9.47 Å². The molecule has 0 aliphatic carbocycles. The summed E-state index contributed by atoms with van der Waals surface area (Å²) in [5.41, 5.74) is 0. The van der Waals surface area contributed by atoms with Crippen molar-refractivity contribution in [2.45, 2.75) is 38.9 Å². The average molecular weight is 489 g/mol. The Balaban J connectivity index is 0.00000576. The van der Waals surface area contributed by atoms with E-state index in [0.717, 1.165) is 38.6 Å². The summed E-state index contributed by atoms with van der Waals surface area (Å²) in [4.78, 5) is 6.96. The first kappa shape index (κ1) is 25.1. The van der Waals surface area contributed by atoms with Gasteiger partial charge in [0.15, 0.2) is 5.96 Å². The molecule has 0 aromatic heterocycles. The molecule has 25 heavy (non-hydrogen) atoms. The molecular formula is C17H36IN3O3S. The number of halogens is 1. The minimum Gasteiger partial charge on any atom is -0.382 e. The Bertz CT molecular complexity index is 416. The lowest BCUT2D eigenvalue weighted by atomic mass is 10.1. The molecule has 150 valence electrons. The number of likely N-dealkylation sites (tertiary alicyclic amines) is 1. The van der Waals surface area contributed by atoms with Crippen molar-refractivity contribution in [1.29, 1.82) is 0 Å². The fourth-order valence-corrected chi connectivity index (χ4v) is 3.39. The summed E-state index contributed by atoms with van der Waals surface area (Å²) in [6.07, 6.45) is 1.12. The molecule has 0 aromatic carbocycles. The third kappa shape index (κ3) is 10.1. The largest absolute Gasteiger partial charge is 0.382 e. The van der Waals surface area contributed by atoms with E-state index >= 15 is 0 Å². The van der Waals surface area contributed by atoms with Gasteiger partial charge in [0.05, 0.1) is 26.4 Å². The second-order valence-electron chi connectivity index (χ2n) is 7.07. The lowest BCUT2D eigenvalue weighted by Crippen LogP contribution is -2.40. The number of nitrogens with one attached hydrogen (secondary N) is 1. The SMILES string of the molecule is CCNC(=NCCS(=O)C(C)(C)C)N1CCC(COCCOC)C1.I. The van der Waals surface area contributed by atoms with Crippen LogP contribution in [-0.2, 0) is 20.3 Å². The topological polar surface area (TPSA) is 63.2 Å². The number of nitrogens with zero attached hydrogens (tertiary/aromatic N) is 2. The molecule has 0 radical (unpaired) electrons. The second-order valence-corrected chi connectivity index (χ2v) is 9.39. The van der Waals surface area contributed by atoms with Crippen LogP contribution in [0.15, 0.2) is 4.99 Å². The standard InChI is InChI=1S/C17H35N3O3S.HI/c1-6-18-16(19-8-12-24(21)17(2,3)4)20-9-7-15(13-20)14-23-11-10-22-5;/h15H,6-14H2,1-5H3,(H,18,19);1H. The Hall–Kier alpha value is 0.0700. The number of aliphatic imine (C=N–C) groups is 1. The molecule has 1 aliphatic heterocycles. The fourth-order valence-electron chi connectivity index (χ4n) is 2.52. The maximum Gasteiger partial charge on any atom is 0.193 e. The number of guanidine groups is 1. The number of hydrogen-bond acceptors (Lipinski definition) is 4. The summed E-state index contributed by atoms with van der Waals surface area (Å²) < 4.78 is 22.6. The van der Waals surface area contributed by atoms with Gasteiger partial charge in [0.25, 0.3) is 0 Å². The lowest BCUT2D eigenvalue weighted by Gasteiger charge is -2.22. The van der Waals surface area contributed by atoms with E-state index in [2.05, 4.69) is 22.1 Å². The van der Waals surface area contributed by atoms with E-state index in [1.807, 2.05) is 20.8 Å². The van der Waals surface area contributed by atoms with Gasteiger partial charge in [-0.2, -0.15) is 0 Å². The van der Waals surface area contributed by atoms with Gasteiger partial charge in [0.2, 0.25) is 0 Å². The number of ether oxygens (including phenoxy) is 2. The molecule has 0 amide bonds. The third-order valence-electron chi connectivity index (χ3n) is 3.93. The van der Waals surface area contributed by atoms with Gasteiger partial charge in [-0.1, -0.05) is 0 Å². The summed E-state index contributed by atoms with van der Waals surface area (Å²) in [7, 11) is 0.829. The Morgan fingerprint density at radius 2 is 2.08 bits per heavy atom. The van der Waals surface area contributed by atoms with Crippen molar-refractivity contribution in [3.8, 4) is 0 Å². The highest BCUT2D eigenvalue weighted by molar-refractivity contribution is 14.0. The van der Waals surface area contributed by atoms with E-state index in [-0.39, 0.29) is 28.7 Å². The molecule has 1 fully saturated rings. The van der Waals surface area contributed by atoms with Crippen LogP contribution in [0.3, 0.4) is 0 Å². The van der Waals surface area contributed by atoms with Crippen LogP contribution in [0.1, 0.15) is 34.1 Å². The maximum absolute atomic E-state index is 12.1. The Labute approximate surface area is 173 Å². The molecule has 1 saturated heterocycles. The smallest absolute Gasteiger partial charge is 0.193 e. The van der Waals surface area contributed by atoms with Crippen LogP contribution in [0, 0.1) is 5.92 Å². The Kier molecular flexibility index (Phi) is 13.3. The summed E-state index contributed by atoms with van der Waals surface area (Å²) >= 11 is 0. The predicted molar refractivity (Wildman–Crippen MR) is 117 cm³/mol. The summed E-state index contributed by atoms with van der Waals surface area (Å²) in [5, 5.41) is 3.35. The van der Waals surface area contributed by atoms with Crippen molar-refractivity contribution < 1.29 is 13.7 Å². The highest BCUT2D eigenvalue weighted by atomic mass is 127. The van der Waals surface area contributed by atoms with E-state index in [1.54, 1.807) is 7.11 Å². The molecule has 1 rings (SSSR count). The highest BCUT2D eigenvalue weighted by Gasteiger charge is 2.25. The zero-order valence-corrected chi connectivity index (χ0v) is 19.5. The van der Waals surface area contributed by atoms with Crippen molar-refractivity contribution in [2.75, 3.05) is 58.9 Å². The first-order valence-electron chi connectivity index (χ1n) is 8.87. The second kappa shape index (κ2) is 13.3. The van der Waals surface area contributed by atoms with Crippen LogP contribution >= 0.6 is 24.0 Å². The van der Waals surface area contributed by atoms with Crippen LogP contribution in [-0.4, -0.2) is 78.7 Å². The fraction of sp³-hybridized carbons (Fsp3) is 0.941. The van der Waals surface area contributed by atoms with Gasteiger partial charge in [0, 0.05) is 54.0 Å². The molecule has 2 atom stereocenters. The minimum absolute atomic E-state index is 0. The zero-order valence-electron chi connectivity index (χ0n) is 16.4. The summed E-state index contributed by atoms with van der Waals surface area (Å²) in [6, 6.07) is 0. The zero-order chi connectivity index (χ0) is 18.0. The van der Waals surface area contributed by atoms with E-state index in [0.29, 0.717) is 31.4 Å². The molecule has 0 aromatic rings. The van der Waals surface area contributed by atoms with Gasteiger partial charge in [0.1, 0.15) is 0 Å². The van der Waals surface area contributed by atoms with Crippen molar-refractivity contribution in [2.24, 2.45) is 10.9 Å². The van der Waals surface area contributed by atoms with Crippen molar-refractivity contribution >= 4 is 40.7 Å². The maximum atomic E-state index is 12.1. The van der Waals surface area contributed by atoms with E-state index < -0.39 is 10.8 Å². The molecule has 2 unspecified atom stereocenters. The summed E-state index contributed by atoms with van der Waals surface area (Å²) in [5.74, 6) is 2.08. The minimum atomic E-state index is -0.858. The average Bonchev–Trinajstić information content (AvgIpc) is 2.98. The molecule has 0 saturated carbocycles. The Morgan fingerprint density at radius 3 is 2.68 bits per heavy atom. The van der Waals surface area contributed by atoms with Crippen molar-refractivity contribution in [3.63, 3.8) is 0 Å². The summed E-state index contributed by atoms with van der Waals surface area (Å²) in [6.45, 7) is 13.5. The third-order valence-corrected chi connectivity index (χ3v) is 5.85. The molecule has 0 spiro atoms. The normalized spacial score (nSPS) is 19.6. The first-order valence-corrected chi connectivity index (χ1v) is 10.2. The molecule has 6 nitrogen and oxygen atoms in total. The van der Waals surface area contributed by atoms with Gasteiger partial charge in [-0.25, -0.2) is 0 Å². The molecule has 0 bridgehead atoms.